The molecular formula is C16H16ClN3O. The molecule has 3 rings (SSSR count). The maximum Gasteiger partial charge on any atom is 0.227 e. The van der Waals surface area contributed by atoms with E-state index in [0.717, 1.165) is 30.6 Å². The van der Waals surface area contributed by atoms with Crippen LogP contribution in [0.15, 0.2) is 42.9 Å². The third kappa shape index (κ3) is 3.22. The summed E-state index contributed by atoms with van der Waals surface area (Å²) >= 11 is 5.87. The minimum absolute atomic E-state index is 0.0767. The molecule has 5 heteroatoms. The fraction of sp³-hybridized carbons (Fsp3) is 0.312. The van der Waals surface area contributed by atoms with Gasteiger partial charge in [-0.2, -0.15) is 0 Å². The Kier molecular flexibility index (Phi) is 4.15. The fourth-order valence-electron chi connectivity index (χ4n) is 2.75. The predicted octanol–water partition coefficient (Wildman–Crippen LogP) is 3.04. The second kappa shape index (κ2) is 6.22. The summed E-state index contributed by atoms with van der Waals surface area (Å²) in [6, 6.07) is 9.39. The van der Waals surface area contributed by atoms with Gasteiger partial charge in [0.2, 0.25) is 5.91 Å². The van der Waals surface area contributed by atoms with Crippen LogP contribution in [-0.4, -0.2) is 27.3 Å². The fourth-order valence-corrected chi connectivity index (χ4v) is 2.88. The minimum Gasteiger partial charge on any atom is -0.334 e. The molecule has 1 aromatic heterocycles. The van der Waals surface area contributed by atoms with Crippen LogP contribution in [-0.2, 0) is 11.2 Å². The number of carbonyl (C=O) groups is 1. The quantitative estimate of drug-likeness (QED) is 0.875. The molecular weight excluding hydrogens is 286 g/mol. The highest BCUT2D eigenvalue weighted by Gasteiger charge is 2.30. The molecule has 1 fully saturated rings. The topological polar surface area (TPSA) is 46.1 Å². The van der Waals surface area contributed by atoms with Crippen LogP contribution in [0.4, 0.5) is 0 Å². The van der Waals surface area contributed by atoms with Crippen LogP contribution >= 0.6 is 11.6 Å². The van der Waals surface area contributed by atoms with E-state index in [4.69, 9.17) is 11.6 Å². The molecule has 2 heterocycles. The van der Waals surface area contributed by atoms with E-state index in [1.54, 1.807) is 6.20 Å². The molecule has 2 aromatic rings. The van der Waals surface area contributed by atoms with Gasteiger partial charge in [0.05, 0.1) is 18.2 Å². The van der Waals surface area contributed by atoms with Crippen molar-refractivity contribution in [1.29, 1.82) is 0 Å². The molecule has 1 saturated heterocycles. The van der Waals surface area contributed by atoms with Gasteiger partial charge in [-0.25, -0.2) is 9.97 Å². The van der Waals surface area contributed by atoms with Gasteiger partial charge in [0.25, 0.3) is 0 Å². The van der Waals surface area contributed by atoms with Gasteiger partial charge in [-0.15, -0.1) is 0 Å². The molecule has 1 aliphatic heterocycles. The standard InChI is InChI=1S/C16H16ClN3O/c17-13-5-3-12(4-6-13)10-16(21)20-9-1-2-15(20)14-7-8-18-11-19-14/h3-8,11,15H,1-2,9-10H2. The van der Waals surface area contributed by atoms with Crippen LogP contribution in [0.25, 0.3) is 0 Å². The van der Waals surface area contributed by atoms with Crippen LogP contribution in [0.2, 0.25) is 5.02 Å². The number of amides is 1. The Morgan fingerprint density at radius 2 is 2.10 bits per heavy atom. The molecule has 0 N–H and O–H groups in total. The van der Waals surface area contributed by atoms with Crippen LogP contribution in [0.5, 0.6) is 0 Å². The van der Waals surface area contributed by atoms with Gasteiger partial charge >= 0.3 is 0 Å². The predicted molar refractivity (Wildman–Crippen MR) is 80.9 cm³/mol. The highest BCUT2D eigenvalue weighted by atomic mass is 35.5. The summed E-state index contributed by atoms with van der Waals surface area (Å²) in [5, 5.41) is 0.686. The second-order valence-electron chi connectivity index (χ2n) is 5.18. The molecule has 0 bridgehead atoms. The zero-order chi connectivity index (χ0) is 14.7. The zero-order valence-electron chi connectivity index (χ0n) is 11.6. The summed E-state index contributed by atoms with van der Waals surface area (Å²) in [6.07, 6.45) is 5.64. The lowest BCUT2D eigenvalue weighted by Crippen LogP contribution is -2.32. The summed E-state index contributed by atoms with van der Waals surface area (Å²) < 4.78 is 0. The molecule has 1 amide bonds. The van der Waals surface area contributed by atoms with Crippen molar-refractivity contribution in [3.8, 4) is 0 Å². The van der Waals surface area contributed by atoms with E-state index in [1.165, 1.54) is 6.33 Å². The van der Waals surface area contributed by atoms with Gasteiger partial charge < -0.3 is 4.90 Å². The van der Waals surface area contributed by atoms with Crippen molar-refractivity contribution in [3.63, 3.8) is 0 Å². The molecule has 0 aliphatic carbocycles. The van der Waals surface area contributed by atoms with Crippen LogP contribution in [0, 0.1) is 0 Å². The summed E-state index contributed by atoms with van der Waals surface area (Å²) in [6.45, 7) is 0.793. The number of aromatic nitrogens is 2. The summed E-state index contributed by atoms with van der Waals surface area (Å²) in [4.78, 5) is 22.7. The summed E-state index contributed by atoms with van der Waals surface area (Å²) in [7, 11) is 0. The molecule has 0 radical (unpaired) electrons. The van der Waals surface area contributed by atoms with Gasteiger partial charge in [0, 0.05) is 17.8 Å². The lowest BCUT2D eigenvalue weighted by atomic mass is 10.1. The zero-order valence-corrected chi connectivity index (χ0v) is 12.3. The number of nitrogens with zero attached hydrogens (tertiary/aromatic N) is 3. The molecule has 4 nitrogen and oxygen atoms in total. The third-order valence-corrected chi connectivity index (χ3v) is 4.04. The van der Waals surface area contributed by atoms with E-state index in [2.05, 4.69) is 9.97 Å². The number of hydrogen-bond donors (Lipinski definition) is 0. The van der Waals surface area contributed by atoms with Crippen LogP contribution in [0.3, 0.4) is 0 Å². The SMILES string of the molecule is O=C(Cc1ccc(Cl)cc1)N1CCCC1c1ccncn1. The number of carbonyl (C=O) groups excluding carboxylic acids is 1. The molecule has 21 heavy (non-hydrogen) atoms. The lowest BCUT2D eigenvalue weighted by molar-refractivity contribution is -0.131. The molecule has 1 aromatic carbocycles. The molecule has 0 saturated carbocycles. The van der Waals surface area contributed by atoms with Crippen molar-refractivity contribution in [3.05, 3.63) is 59.1 Å². The first-order valence-electron chi connectivity index (χ1n) is 7.04. The summed E-state index contributed by atoms with van der Waals surface area (Å²) in [5.74, 6) is 0.137. The Balaban J connectivity index is 1.73. The first-order valence-corrected chi connectivity index (χ1v) is 7.41. The maximum atomic E-state index is 12.5. The molecule has 0 spiro atoms. The first kappa shape index (κ1) is 14.0. The van der Waals surface area contributed by atoms with Crippen LogP contribution < -0.4 is 0 Å². The smallest absolute Gasteiger partial charge is 0.227 e. The highest BCUT2D eigenvalue weighted by Crippen LogP contribution is 2.30. The van der Waals surface area contributed by atoms with Gasteiger partial charge in [0.1, 0.15) is 6.33 Å². The second-order valence-corrected chi connectivity index (χ2v) is 5.62. The van der Waals surface area contributed by atoms with Gasteiger partial charge in [0.15, 0.2) is 0 Å². The average Bonchev–Trinajstić information content (AvgIpc) is 3.00. The third-order valence-electron chi connectivity index (χ3n) is 3.79. The Bertz CT molecular complexity index is 615. The van der Waals surface area contributed by atoms with E-state index < -0.39 is 0 Å². The molecule has 1 aliphatic rings. The van der Waals surface area contributed by atoms with E-state index >= 15 is 0 Å². The molecule has 1 atom stereocenters. The lowest BCUT2D eigenvalue weighted by Gasteiger charge is -2.24. The number of benzene rings is 1. The Hall–Kier alpha value is -1.94. The monoisotopic (exact) mass is 301 g/mol. The van der Waals surface area contributed by atoms with Gasteiger partial charge in [-0.1, -0.05) is 23.7 Å². The Labute approximate surface area is 128 Å². The number of halogens is 1. The van der Waals surface area contributed by atoms with E-state index in [-0.39, 0.29) is 11.9 Å². The van der Waals surface area contributed by atoms with E-state index in [9.17, 15) is 4.79 Å². The molecule has 1 unspecified atom stereocenters. The first-order chi connectivity index (χ1) is 10.2. The average molecular weight is 302 g/mol. The van der Waals surface area contributed by atoms with Crippen molar-refractivity contribution in [2.45, 2.75) is 25.3 Å². The number of likely N-dealkylation sites (tertiary alicyclic amines) is 1. The van der Waals surface area contributed by atoms with Crippen LogP contribution in [0.1, 0.15) is 30.1 Å². The van der Waals surface area contributed by atoms with Crippen molar-refractivity contribution in [1.82, 2.24) is 14.9 Å². The molecule has 108 valence electrons. The van der Waals surface area contributed by atoms with Crippen molar-refractivity contribution in [2.75, 3.05) is 6.54 Å². The maximum absolute atomic E-state index is 12.5. The largest absolute Gasteiger partial charge is 0.334 e. The number of rotatable bonds is 3. The van der Waals surface area contributed by atoms with Crippen molar-refractivity contribution in [2.24, 2.45) is 0 Å². The van der Waals surface area contributed by atoms with Crippen molar-refractivity contribution < 1.29 is 4.79 Å². The van der Waals surface area contributed by atoms with E-state index in [1.807, 2.05) is 35.2 Å². The van der Waals surface area contributed by atoms with Crippen molar-refractivity contribution >= 4 is 17.5 Å². The Morgan fingerprint density at radius 3 is 2.81 bits per heavy atom. The highest BCUT2D eigenvalue weighted by molar-refractivity contribution is 6.30. The summed E-state index contributed by atoms with van der Waals surface area (Å²) in [5.41, 5.74) is 1.91. The minimum atomic E-state index is 0.0767. The van der Waals surface area contributed by atoms with Gasteiger partial charge in [-0.05, 0) is 36.6 Å². The van der Waals surface area contributed by atoms with Gasteiger partial charge in [-0.3, -0.25) is 4.79 Å². The normalized spacial score (nSPS) is 18.0. The van der Waals surface area contributed by atoms with E-state index in [0.29, 0.717) is 11.4 Å². The Morgan fingerprint density at radius 1 is 1.29 bits per heavy atom. The number of hydrogen-bond acceptors (Lipinski definition) is 3.